The van der Waals surface area contributed by atoms with E-state index in [1.807, 2.05) is 0 Å². The van der Waals surface area contributed by atoms with E-state index in [1.54, 1.807) is 0 Å². The summed E-state index contributed by atoms with van der Waals surface area (Å²) in [4.78, 5) is 45.4. The number of alkyl halides is 7. The third-order valence-electron chi connectivity index (χ3n) is 4.59. The number of halogens is 7. The summed E-state index contributed by atoms with van der Waals surface area (Å²) < 4.78 is 87.9. The van der Waals surface area contributed by atoms with Crippen molar-refractivity contribution in [3.05, 3.63) is 0 Å². The summed E-state index contributed by atoms with van der Waals surface area (Å²) in [6, 6.07) is -1.42. The Kier molecular flexibility index (Phi) is 12.3. The second kappa shape index (κ2) is 13.3. The van der Waals surface area contributed by atoms with Crippen LogP contribution in [-0.4, -0.2) is 87.7 Å². The summed E-state index contributed by atoms with van der Waals surface area (Å²) in [5.74, 6) is -16.5. The first-order chi connectivity index (χ1) is 15.4. The summed E-state index contributed by atoms with van der Waals surface area (Å²) >= 11 is 0. The lowest BCUT2D eigenvalue weighted by molar-refractivity contribution is -0.355. The Hall–Kier alpha value is -2.65. The lowest BCUT2D eigenvalue weighted by atomic mass is 10.0. The van der Waals surface area contributed by atoms with Crippen LogP contribution in [0.25, 0.3) is 0 Å². The first-order valence-corrected chi connectivity index (χ1v) is 9.92. The van der Waals surface area contributed by atoms with E-state index in [-0.39, 0.29) is 32.2 Å². The molecule has 16 heteroatoms. The molecule has 0 aromatic heterocycles. The van der Waals surface area contributed by atoms with E-state index in [0.717, 1.165) is 4.90 Å². The molecule has 0 bridgehead atoms. The fraction of sp³-hybridized carbons (Fsp3) is 0.778. The van der Waals surface area contributed by atoms with Crippen molar-refractivity contribution in [1.82, 2.24) is 10.2 Å². The number of carbonyl (C=O) groups is 4. The monoisotopic (exact) mass is 514 g/mol. The fourth-order valence-corrected chi connectivity index (χ4v) is 2.86. The van der Waals surface area contributed by atoms with Crippen LogP contribution >= 0.6 is 0 Å². The van der Waals surface area contributed by atoms with Crippen molar-refractivity contribution < 1.29 is 65.2 Å². The third kappa shape index (κ3) is 10.5. The van der Waals surface area contributed by atoms with Crippen molar-refractivity contribution in [2.75, 3.05) is 19.6 Å². The van der Waals surface area contributed by atoms with Gasteiger partial charge in [-0.1, -0.05) is 0 Å². The first-order valence-electron chi connectivity index (χ1n) is 9.92. The average Bonchev–Trinajstić information content (AvgIpc) is 2.65. The van der Waals surface area contributed by atoms with Gasteiger partial charge in [0.15, 0.2) is 0 Å². The number of amides is 1. The molecule has 0 aromatic rings. The van der Waals surface area contributed by atoms with Crippen molar-refractivity contribution >= 4 is 23.8 Å². The summed E-state index contributed by atoms with van der Waals surface area (Å²) in [6.45, 7) is -1.67. The highest BCUT2D eigenvalue weighted by molar-refractivity contribution is 5.78. The van der Waals surface area contributed by atoms with E-state index in [1.165, 1.54) is 0 Å². The molecule has 0 heterocycles. The second-order valence-corrected chi connectivity index (χ2v) is 7.38. The van der Waals surface area contributed by atoms with E-state index in [4.69, 9.17) is 10.2 Å². The van der Waals surface area contributed by atoms with E-state index < -0.39 is 80.2 Å². The lowest BCUT2D eigenvalue weighted by Gasteiger charge is -2.28. The van der Waals surface area contributed by atoms with Crippen LogP contribution in [0.5, 0.6) is 0 Å². The van der Waals surface area contributed by atoms with Crippen molar-refractivity contribution in [3.8, 4) is 0 Å². The molecule has 4 N–H and O–H groups in total. The molecule has 0 aromatic carbocycles. The zero-order chi connectivity index (χ0) is 26.7. The number of carboxylic acids is 3. The highest BCUT2D eigenvalue weighted by atomic mass is 19.4. The van der Waals surface area contributed by atoms with Crippen molar-refractivity contribution in [1.29, 1.82) is 0 Å². The van der Waals surface area contributed by atoms with Gasteiger partial charge in [-0.3, -0.25) is 24.1 Å². The van der Waals surface area contributed by atoms with E-state index in [9.17, 15) is 55.0 Å². The standard InChI is InChI=1S/C18H25F7N2O7/c19-16(20,17(21,22)18(23,24)25)7-3-1-6-12(28)26-8-4-2-5-11(15(33)34)27(9-13(29)30)10-14(31)32/h11H,1-10H2,(H,26,28)(H,29,30)(H,31,32)(H,33,34). The Balaban J connectivity index is 4.38. The maximum Gasteiger partial charge on any atom is 0.459 e. The van der Waals surface area contributed by atoms with Crippen molar-refractivity contribution in [2.24, 2.45) is 0 Å². The van der Waals surface area contributed by atoms with Gasteiger partial charge in [-0.2, -0.15) is 30.7 Å². The molecule has 0 rings (SSSR count). The lowest BCUT2D eigenvalue weighted by Crippen LogP contribution is -2.51. The molecule has 198 valence electrons. The van der Waals surface area contributed by atoms with E-state index in [2.05, 4.69) is 5.32 Å². The van der Waals surface area contributed by atoms with Gasteiger partial charge in [0.2, 0.25) is 5.91 Å². The Bertz CT molecular complexity index is 701. The topological polar surface area (TPSA) is 144 Å². The Morgan fingerprint density at radius 3 is 1.76 bits per heavy atom. The molecule has 0 fully saturated rings. The van der Waals surface area contributed by atoms with Crippen molar-refractivity contribution in [2.45, 2.75) is 69.0 Å². The third-order valence-corrected chi connectivity index (χ3v) is 4.59. The van der Waals surface area contributed by atoms with Crippen LogP contribution in [0.4, 0.5) is 30.7 Å². The summed E-state index contributed by atoms with van der Waals surface area (Å²) in [5.41, 5.74) is 0. The number of nitrogens with one attached hydrogen (secondary N) is 1. The quantitative estimate of drug-likeness (QED) is 0.171. The van der Waals surface area contributed by atoms with Gasteiger partial charge in [0, 0.05) is 19.4 Å². The number of nitrogens with zero attached hydrogens (tertiary/aromatic N) is 1. The molecule has 0 saturated heterocycles. The van der Waals surface area contributed by atoms with E-state index >= 15 is 0 Å². The van der Waals surface area contributed by atoms with Crippen LogP contribution in [-0.2, 0) is 19.2 Å². The number of carboxylic acid groups (broad SMARTS) is 3. The largest absolute Gasteiger partial charge is 0.480 e. The van der Waals surface area contributed by atoms with Crippen LogP contribution in [0.15, 0.2) is 0 Å². The SMILES string of the molecule is O=C(O)CN(CC(=O)O)C(CCCCNC(=O)CCCCC(F)(F)C(F)(F)C(F)(F)F)C(=O)O. The molecule has 1 amide bonds. The van der Waals surface area contributed by atoms with Crippen LogP contribution in [0, 0.1) is 0 Å². The van der Waals surface area contributed by atoms with Gasteiger partial charge in [-0.15, -0.1) is 0 Å². The maximum absolute atomic E-state index is 13.1. The highest BCUT2D eigenvalue weighted by Crippen LogP contribution is 2.48. The summed E-state index contributed by atoms with van der Waals surface area (Å²) in [5, 5.41) is 29.2. The summed E-state index contributed by atoms with van der Waals surface area (Å²) in [7, 11) is 0. The molecular weight excluding hydrogens is 489 g/mol. The minimum atomic E-state index is -6.41. The molecule has 34 heavy (non-hydrogen) atoms. The molecule has 1 atom stereocenters. The molecule has 0 aliphatic rings. The zero-order valence-corrected chi connectivity index (χ0v) is 17.7. The van der Waals surface area contributed by atoms with Crippen LogP contribution in [0.2, 0.25) is 0 Å². The maximum atomic E-state index is 13.1. The highest BCUT2D eigenvalue weighted by Gasteiger charge is 2.72. The Morgan fingerprint density at radius 1 is 0.794 bits per heavy atom. The van der Waals surface area contributed by atoms with Gasteiger partial charge in [0.25, 0.3) is 0 Å². The molecule has 1 unspecified atom stereocenters. The zero-order valence-electron chi connectivity index (χ0n) is 17.7. The number of hydrogen-bond donors (Lipinski definition) is 4. The molecule has 0 aliphatic carbocycles. The van der Waals surface area contributed by atoms with E-state index in [0.29, 0.717) is 0 Å². The molecule has 0 aliphatic heterocycles. The predicted molar refractivity (Wildman–Crippen MR) is 99.5 cm³/mol. The Morgan fingerprint density at radius 2 is 1.32 bits per heavy atom. The number of carbonyl (C=O) groups excluding carboxylic acids is 1. The predicted octanol–water partition coefficient (Wildman–Crippen LogP) is 2.59. The number of hydrogen-bond acceptors (Lipinski definition) is 5. The van der Waals surface area contributed by atoms with Gasteiger partial charge in [0.1, 0.15) is 6.04 Å². The van der Waals surface area contributed by atoms with Gasteiger partial charge in [-0.25, -0.2) is 0 Å². The van der Waals surface area contributed by atoms with Gasteiger partial charge >= 0.3 is 35.9 Å². The number of rotatable bonds is 17. The average molecular weight is 514 g/mol. The first kappa shape index (κ1) is 31.4. The van der Waals surface area contributed by atoms with Crippen LogP contribution < -0.4 is 5.32 Å². The number of aliphatic carboxylic acids is 3. The molecule has 9 nitrogen and oxygen atoms in total. The minimum absolute atomic E-state index is 0.0225. The smallest absolute Gasteiger partial charge is 0.459 e. The molecule has 0 radical (unpaired) electrons. The molecule has 0 spiro atoms. The fourth-order valence-electron chi connectivity index (χ4n) is 2.86. The molecule has 0 saturated carbocycles. The van der Waals surface area contributed by atoms with Crippen molar-refractivity contribution in [3.63, 3.8) is 0 Å². The van der Waals surface area contributed by atoms with Crippen LogP contribution in [0.1, 0.15) is 44.9 Å². The molecular formula is C18H25F7N2O7. The second-order valence-electron chi connectivity index (χ2n) is 7.38. The Labute approximate surface area is 188 Å². The van der Waals surface area contributed by atoms with Crippen LogP contribution in [0.3, 0.4) is 0 Å². The summed E-state index contributed by atoms with van der Waals surface area (Å²) in [6.07, 6.45) is -9.58. The minimum Gasteiger partial charge on any atom is -0.480 e. The van der Waals surface area contributed by atoms with Gasteiger partial charge in [0.05, 0.1) is 13.1 Å². The van der Waals surface area contributed by atoms with Gasteiger partial charge in [-0.05, 0) is 32.1 Å². The number of unbranched alkanes of at least 4 members (excludes halogenated alkanes) is 2. The van der Waals surface area contributed by atoms with Gasteiger partial charge < -0.3 is 20.6 Å². The normalized spacial score (nSPS) is 13.5.